The average Bonchev–Trinajstić information content (AvgIpc) is 3.32. The van der Waals surface area contributed by atoms with E-state index < -0.39 is 17.1 Å². The third-order valence-electron chi connectivity index (χ3n) is 4.71. The van der Waals surface area contributed by atoms with Crippen LogP contribution in [0, 0.1) is 0 Å². The number of hydrazone groups is 1. The zero-order valence-corrected chi connectivity index (χ0v) is 17.4. The lowest BCUT2D eigenvalue weighted by Crippen LogP contribution is -2.26. The number of halogens is 1. The summed E-state index contributed by atoms with van der Waals surface area (Å²) < 4.78 is 5.21. The highest BCUT2D eigenvalue weighted by Crippen LogP contribution is 2.35. The Morgan fingerprint density at radius 3 is 2.50 bits per heavy atom. The molecule has 1 fully saturated rings. The number of benzene rings is 2. The van der Waals surface area contributed by atoms with Crippen molar-refractivity contribution in [2.45, 2.75) is 12.5 Å². The average molecular weight is 442 g/mol. The van der Waals surface area contributed by atoms with Gasteiger partial charge in [0.1, 0.15) is 5.75 Å². The van der Waals surface area contributed by atoms with E-state index in [-0.39, 0.29) is 10.9 Å². The normalized spacial score (nSPS) is 19.8. The lowest BCUT2D eigenvalue weighted by Gasteiger charge is -2.21. The third kappa shape index (κ3) is 4.10. The van der Waals surface area contributed by atoms with Gasteiger partial charge in [-0.25, -0.2) is 5.01 Å². The maximum Gasteiger partial charge on any atom is 0.290 e. The molecule has 0 spiro atoms. The molecule has 1 N–H and O–H groups in total. The van der Waals surface area contributed by atoms with Crippen LogP contribution >= 0.6 is 23.4 Å². The third-order valence-corrected chi connectivity index (χ3v) is 5.77. The van der Waals surface area contributed by atoms with E-state index in [2.05, 4.69) is 10.4 Å². The molecule has 1 saturated heterocycles. The molecule has 0 radical (unpaired) electrons. The van der Waals surface area contributed by atoms with Crippen LogP contribution in [0.25, 0.3) is 0 Å². The number of amides is 3. The lowest BCUT2D eigenvalue weighted by molar-refractivity contribution is -0.128. The molecule has 2 aliphatic heterocycles. The van der Waals surface area contributed by atoms with Crippen molar-refractivity contribution in [1.29, 1.82) is 0 Å². The summed E-state index contributed by atoms with van der Waals surface area (Å²) in [6, 6.07) is 14.2. The topological polar surface area (TPSA) is 88.1 Å². The van der Waals surface area contributed by atoms with Gasteiger partial charge < -0.3 is 4.74 Å². The fraction of sp³-hybridized carbons (Fsp3) is 0.143. The van der Waals surface area contributed by atoms with Gasteiger partial charge in [-0.3, -0.25) is 19.7 Å². The van der Waals surface area contributed by atoms with Crippen LogP contribution in [-0.2, 0) is 9.59 Å². The number of methoxy groups -OCH3 is 1. The zero-order chi connectivity index (χ0) is 21.3. The number of hydrogen-bond donors (Lipinski definition) is 1. The molecular formula is C21H16ClN3O4S. The van der Waals surface area contributed by atoms with Gasteiger partial charge in [0.05, 0.1) is 23.8 Å². The summed E-state index contributed by atoms with van der Waals surface area (Å²) in [6.45, 7) is 0. The Bertz CT molecular complexity index is 1080. The van der Waals surface area contributed by atoms with E-state index in [4.69, 9.17) is 16.3 Å². The van der Waals surface area contributed by atoms with Crippen LogP contribution in [0.5, 0.6) is 5.75 Å². The summed E-state index contributed by atoms with van der Waals surface area (Å²) in [7, 11) is 1.58. The van der Waals surface area contributed by atoms with Gasteiger partial charge in [-0.05, 0) is 47.2 Å². The Morgan fingerprint density at radius 2 is 1.90 bits per heavy atom. The minimum atomic E-state index is -0.583. The summed E-state index contributed by atoms with van der Waals surface area (Å²) in [6.07, 6.45) is 1.64. The fourth-order valence-electron chi connectivity index (χ4n) is 3.22. The van der Waals surface area contributed by atoms with E-state index >= 15 is 0 Å². The number of carbonyl (C=O) groups is 3. The molecule has 0 aromatic heterocycles. The molecule has 0 bridgehead atoms. The molecule has 0 saturated carbocycles. The van der Waals surface area contributed by atoms with Crippen molar-refractivity contribution in [1.82, 2.24) is 10.3 Å². The minimum Gasteiger partial charge on any atom is -0.497 e. The van der Waals surface area contributed by atoms with Gasteiger partial charge in [0.2, 0.25) is 0 Å². The standard InChI is InChI=1S/C21H16ClN3O4S/c1-29-15-8-4-13(5-9-15)17-10-16(12-2-6-14(22)7-3-12)24-25(17)19(26)11-18-20(27)23-21(28)30-18/h2-9,11,17H,10H2,1H3,(H,23,27,28)/b18-11-. The first-order valence-electron chi connectivity index (χ1n) is 9.00. The number of thioether (sulfide) groups is 1. The molecular weight excluding hydrogens is 426 g/mol. The summed E-state index contributed by atoms with van der Waals surface area (Å²) in [5, 5.41) is 8.12. The predicted molar refractivity (Wildman–Crippen MR) is 114 cm³/mol. The maximum atomic E-state index is 13.0. The molecule has 1 unspecified atom stereocenters. The van der Waals surface area contributed by atoms with E-state index in [9.17, 15) is 14.4 Å². The Balaban J connectivity index is 1.68. The molecule has 0 aliphatic carbocycles. The van der Waals surface area contributed by atoms with Gasteiger partial charge in [-0.1, -0.05) is 35.9 Å². The summed E-state index contributed by atoms with van der Waals surface area (Å²) in [5.74, 6) is -0.360. The summed E-state index contributed by atoms with van der Waals surface area (Å²) >= 11 is 6.68. The summed E-state index contributed by atoms with van der Waals surface area (Å²) in [5.41, 5.74) is 2.44. The van der Waals surface area contributed by atoms with Crippen molar-refractivity contribution in [3.8, 4) is 5.75 Å². The van der Waals surface area contributed by atoms with E-state index in [0.29, 0.717) is 29.0 Å². The van der Waals surface area contributed by atoms with E-state index in [0.717, 1.165) is 22.9 Å². The number of rotatable bonds is 4. The number of carbonyl (C=O) groups excluding carboxylic acids is 3. The number of imide groups is 1. The highest BCUT2D eigenvalue weighted by atomic mass is 35.5. The van der Waals surface area contributed by atoms with Gasteiger partial charge in [-0.15, -0.1) is 0 Å². The monoisotopic (exact) mass is 441 g/mol. The van der Waals surface area contributed by atoms with Crippen molar-refractivity contribution in [2.75, 3.05) is 7.11 Å². The van der Waals surface area contributed by atoms with Crippen molar-refractivity contribution in [2.24, 2.45) is 5.10 Å². The highest BCUT2D eigenvalue weighted by Gasteiger charge is 2.34. The molecule has 1 atom stereocenters. The molecule has 7 nitrogen and oxygen atoms in total. The second kappa shape index (κ2) is 8.33. The van der Waals surface area contributed by atoms with Crippen molar-refractivity contribution in [3.05, 3.63) is 75.7 Å². The Morgan fingerprint density at radius 1 is 1.20 bits per heavy atom. The molecule has 2 aromatic carbocycles. The Kier molecular flexibility index (Phi) is 5.61. The molecule has 9 heteroatoms. The SMILES string of the molecule is COc1ccc(C2CC(c3ccc(Cl)cc3)=NN2C(=O)/C=C2\SC(=O)NC2=O)cc1. The van der Waals surface area contributed by atoms with Crippen LogP contribution in [0.3, 0.4) is 0 Å². The number of nitrogens with one attached hydrogen (secondary N) is 1. The first kappa shape index (κ1) is 20.2. The number of nitrogens with zero attached hydrogens (tertiary/aromatic N) is 2. The highest BCUT2D eigenvalue weighted by molar-refractivity contribution is 8.18. The largest absolute Gasteiger partial charge is 0.497 e. The van der Waals surface area contributed by atoms with Gasteiger partial charge in [0, 0.05) is 17.5 Å². The van der Waals surface area contributed by atoms with Gasteiger partial charge >= 0.3 is 0 Å². The van der Waals surface area contributed by atoms with Gasteiger partial charge in [0.25, 0.3) is 17.1 Å². The molecule has 2 heterocycles. The second-order valence-corrected chi connectivity index (χ2v) is 8.03. The van der Waals surface area contributed by atoms with Crippen molar-refractivity contribution < 1.29 is 19.1 Å². The van der Waals surface area contributed by atoms with Crippen LogP contribution in [0.4, 0.5) is 4.79 Å². The van der Waals surface area contributed by atoms with Crippen LogP contribution in [0.1, 0.15) is 23.6 Å². The van der Waals surface area contributed by atoms with Crippen LogP contribution in [0.2, 0.25) is 5.02 Å². The fourth-order valence-corrected chi connectivity index (χ4v) is 3.99. The number of ether oxygens (including phenoxy) is 1. The summed E-state index contributed by atoms with van der Waals surface area (Å²) in [4.78, 5) is 36.2. The van der Waals surface area contributed by atoms with E-state index in [1.165, 1.54) is 5.01 Å². The zero-order valence-electron chi connectivity index (χ0n) is 15.8. The van der Waals surface area contributed by atoms with Crippen molar-refractivity contribution >= 4 is 46.1 Å². The van der Waals surface area contributed by atoms with Gasteiger partial charge in [0.15, 0.2) is 0 Å². The first-order chi connectivity index (χ1) is 14.4. The smallest absolute Gasteiger partial charge is 0.290 e. The lowest BCUT2D eigenvalue weighted by atomic mass is 9.98. The van der Waals surface area contributed by atoms with Crippen LogP contribution < -0.4 is 10.1 Å². The molecule has 2 aliphatic rings. The Labute approximate surface area is 181 Å². The molecule has 3 amide bonds. The van der Waals surface area contributed by atoms with Crippen LogP contribution in [-0.4, -0.2) is 34.9 Å². The van der Waals surface area contributed by atoms with Gasteiger partial charge in [-0.2, -0.15) is 5.10 Å². The number of hydrogen-bond acceptors (Lipinski definition) is 6. The predicted octanol–water partition coefficient (Wildman–Crippen LogP) is 3.89. The quantitative estimate of drug-likeness (QED) is 0.727. The maximum absolute atomic E-state index is 13.0. The van der Waals surface area contributed by atoms with Crippen LogP contribution in [0.15, 0.2) is 64.6 Å². The van der Waals surface area contributed by atoms with Crippen molar-refractivity contribution in [3.63, 3.8) is 0 Å². The molecule has 30 heavy (non-hydrogen) atoms. The molecule has 4 rings (SSSR count). The Hall–Kier alpha value is -3.10. The molecule has 152 valence electrons. The van der Waals surface area contributed by atoms with E-state index in [1.54, 1.807) is 19.2 Å². The second-order valence-electron chi connectivity index (χ2n) is 6.58. The van der Waals surface area contributed by atoms with E-state index in [1.807, 2.05) is 36.4 Å². The minimum absolute atomic E-state index is 0.0497. The molecule has 2 aromatic rings. The first-order valence-corrected chi connectivity index (χ1v) is 10.2.